The highest BCUT2D eigenvalue weighted by Crippen LogP contribution is 2.09. The average Bonchev–Trinajstić information content (AvgIpc) is 2.22. The summed E-state index contributed by atoms with van der Waals surface area (Å²) in [5.41, 5.74) is 0.666. The molecular formula is C14H22F2N2. The lowest BCUT2D eigenvalue weighted by atomic mass is 10.2. The van der Waals surface area contributed by atoms with Gasteiger partial charge in [0.2, 0.25) is 0 Å². The molecule has 1 aromatic rings. The van der Waals surface area contributed by atoms with Crippen molar-refractivity contribution in [3.63, 3.8) is 0 Å². The third-order valence-corrected chi connectivity index (χ3v) is 2.60. The fourth-order valence-corrected chi connectivity index (χ4v) is 1.75. The second kappa shape index (κ2) is 7.44. The first kappa shape index (κ1) is 15.1. The van der Waals surface area contributed by atoms with Gasteiger partial charge in [-0.15, -0.1) is 0 Å². The molecule has 1 aromatic carbocycles. The third-order valence-electron chi connectivity index (χ3n) is 2.60. The van der Waals surface area contributed by atoms with Crippen molar-refractivity contribution in [2.24, 2.45) is 5.92 Å². The van der Waals surface area contributed by atoms with Gasteiger partial charge < -0.3 is 10.2 Å². The largest absolute Gasteiger partial charge is 0.315 e. The first-order valence-electron chi connectivity index (χ1n) is 6.31. The molecule has 0 atom stereocenters. The van der Waals surface area contributed by atoms with Crippen molar-refractivity contribution in [3.8, 4) is 0 Å². The SMILES string of the molecule is CC(C)CNCCN(C)Cc1cc(F)cc(F)c1. The van der Waals surface area contributed by atoms with Crippen molar-refractivity contribution in [2.45, 2.75) is 20.4 Å². The Morgan fingerprint density at radius 3 is 2.33 bits per heavy atom. The Morgan fingerprint density at radius 2 is 1.78 bits per heavy atom. The van der Waals surface area contributed by atoms with Crippen molar-refractivity contribution in [3.05, 3.63) is 35.4 Å². The fourth-order valence-electron chi connectivity index (χ4n) is 1.75. The number of hydrogen-bond donors (Lipinski definition) is 1. The van der Waals surface area contributed by atoms with E-state index in [4.69, 9.17) is 0 Å². The molecule has 0 aromatic heterocycles. The van der Waals surface area contributed by atoms with Crippen LogP contribution in [0, 0.1) is 17.6 Å². The number of hydrogen-bond acceptors (Lipinski definition) is 2. The molecule has 18 heavy (non-hydrogen) atoms. The number of benzene rings is 1. The van der Waals surface area contributed by atoms with E-state index in [0.29, 0.717) is 18.0 Å². The summed E-state index contributed by atoms with van der Waals surface area (Å²) in [6.45, 7) is 7.59. The van der Waals surface area contributed by atoms with Gasteiger partial charge in [-0.1, -0.05) is 13.8 Å². The van der Waals surface area contributed by atoms with Gasteiger partial charge in [-0.05, 0) is 37.2 Å². The summed E-state index contributed by atoms with van der Waals surface area (Å²) in [6.07, 6.45) is 0. The van der Waals surface area contributed by atoms with Crippen LogP contribution in [-0.2, 0) is 6.54 Å². The average molecular weight is 256 g/mol. The van der Waals surface area contributed by atoms with E-state index < -0.39 is 11.6 Å². The van der Waals surface area contributed by atoms with Crippen LogP contribution in [0.5, 0.6) is 0 Å². The lowest BCUT2D eigenvalue weighted by Gasteiger charge is -2.17. The molecule has 0 heterocycles. The first-order chi connectivity index (χ1) is 8.47. The summed E-state index contributed by atoms with van der Waals surface area (Å²) in [5.74, 6) is -0.403. The molecule has 0 aliphatic heterocycles. The highest BCUT2D eigenvalue weighted by Gasteiger charge is 2.04. The molecular weight excluding hydrogens is 234 g/mol. The summed E-state index contributed by atoms with van der Waals surface area (Å²) < 4.78 is 26.0. The minimum Gasteiger partial charge on any atom is -0.315 e. The van der Waals surface area contributed by atoms with Gasteiger partial charge in [0.05, 0.1) is 0 Å². The lowest BCUT2D eigenvalue weighted by Crippen LogP contribution is -2.30. The molecule has 1 rings (SSSR count). The van der Waals surface area contributed by atoms with Gasteiger partial charge >= 0.3 is 0 Å². The summed E-state index contributed by atoms with van der Waals surface area (Å²) in [4.78, 5) is 2.04. The van der Waals surface area contributed by atoms with E-state index in [2.05, 4.69) is 19.2 Å². The van der Waals surface area contributed by atoms with Crippen LogP contribution in [0.1, 0.15) is 19.4 Å². The van der Waals surface area contributed by atoms with E-state index in [-0.39, 0.29) is 0 Å². The fraction of sp³-hybridized carbons (Fsp3) is 0.571. The van der Waals surface area contributed by atoms with E-state index in [1.54, 1.807) is 0 Å². The van der Waals surface area contributed by atoms with Crippen molar-refractivity contribution in [2.75, 3.05) is 26.7 Å². The Balaban J connectivity index is 2.33. The minimum atomic E-state index is -0.517. The van der Waals surface area contributed by atoms with Gasteiger partial charge in [-0.25, -0.2) is 8.78 Å². The molecule has 2 nitrogen and oxygen atoms in total. The van der Waals surface area contributed by atoms with Crippen LogP contribution >= 0.6 is 0 Å². The van der Waals surface area contributed by atoms with Crippen molar-refractivity contribution < 1.29 is 8.78 Å². The van der Waals surface area contributed by atoms with Gasteiger partial charge in [0.15, 0.2) is 0 Å². The predicted molar refractivity (Wildman–Crippen MR) is 70.4 cm³/mol. The number of nitrogens with one attached hydrogen (secondary N) is 1. The van der Waals surface area contributed by atoms with Crippen molar-refractivity contribution >= 4 is 0 Å². The van der Waals surface area contributed by atoms with Gasteiger partial charge in [-0.2, -0.15) is 0 Å². The van der Waals surface area contributed by atoms with E-state index in [9.17, 15) is 8.78 Å². The van der Waals surface area contributed by atoms with Crippen LogP contribution < -0.4 is 5.32 Å². The number of nitrogens with zero attached hydrogens (tertiary/aromatic N) is 1. The zero-order chi connectivity index (χ0) is 13.5. The maximum atomic E-state index is 13.0. The summed E-state index contributed by atoms with van der Waals surface area (Å²) in [7, 11) is 1.94. The van der Waals surface area contributed by atoms with Gasteiger partial charge in [0.1, 0.15) is 11.6 Å². The molecule has 0 fully saturated rings. The molecule has 0 amide bonds. The van der Waals surface area contributed by atoms with Crippen LogP contribution in [-0.4, -0.2) is 31.6 Å². The predicted octanol–water partition coefficient (Wildman–Crippen LogP) is 2.64. The molecule has 0 saturated heterocycles. The van der Waals surface area contributed by atoms with Crippen LogP contribution in [0.25, 0.3) is 0 Å². The van der Waals surface area contributed by atoms with Crippen LogP contribution in [0.4, 0.5) is 8.78 Å². The van der Waals surface area contributed by atoms with Crippen LogP contribution in [0.2, 0.25) is 0 Å². The van der Waals surface area contributed by atoms with Gasteiger partial charge in [0, 0.05) is 25.7 Å². The van der Waals surface area contributed by atoms with Crippen LogP contribution in [0.15, 0.2) is 18.2 Å². The molecule has 102 valence electrons. The Labute approximate surface area is 108 Å². The zero-order valence-electron chi connectivity index (χ0n) is 11.3. The molecule has 4 heteroatoms. The van der Waals surface area contributed by atoms with E-state index in [0.717, 1.165) is 25.7 Å². The Bertz CT molecular complexity index is 347. The monoisotopic (exact) mass is 256 g/mol. The van der Waals surface area contributed by atoms with Crippen molar-refractivity contribution in [1.29, 1.82) is 0 Å². The second-order valence-electron chi connectivity index (χ2n) is 5.11. The quantitative estimate of drug-likeness (QED) is 0.754. The smallest absolute Gasteiger partial charge is 0.126 e. The van der Waals surface area contributed by atoms with Crippen LogP contribution in [0.3, 0.4) is 0 Å². The Morgan fingerprint density at radius 1 is 1.17 bits per heavy atom. The lowest BCUT2D eigenvalue weighted by molar-refractivity contribution is 0.320. The highest BCUT2D eigenvalue weighted by molar-refractivity contribution is 5.17. The molecule has 0 spiro atoms. The molecule has 1 N–H and O–H groups in total. The molecule has 0 aliphatic carbocycles. The van der Waals surface area contributed by atoms with Crippen molar-refractivity contribution in [1.82, 2.24) is 10.2 Å². The van der Waals surface area contributed by atoms with E-state index in [1.807, 2.05) is 11.9 Å². The maximum Gasteiger partial charge on any atom is 0.126 e. The van der Waals surface area contributed by atoms with E-state index in [1.165, 1.54) is 12.1 Å². The normalized spacial score (nSPS) is 11.5. The molecule has 0 aliphatic rings. The molecule has 0 saturated carbocycles. The minimum absolute atomic E-state index is 0.517. The molecule has 0 unspecified atom stereocenters. The molecule has 0 bridgehead atoms. The topological polar surface area (TPSA) is 15.3 Å². The highest BCUT2D eigenvalue weighted by atomic mass is 19.1. The first-order valence-corrected chi connectivity index (χ1v) is 6.31. The number of likely N-dealkylation sites (N-methyl/N-ethyl adjacent to an activating group) is 1. The number of halogens is 2. The molecule has 0 radical (unpaired) electrons. The summed E-state index contributed by atoms with van der Waals surface area (Å²) in [6, 6.07) is 3.65. The maximum absolute atomic E-state index is 13.0. The Kier molecular flexibility index (Phi) is 6.22. The van der Waals surface area contributed by atoms with E-state index >= 15 is 0 Å². The summed E-state index contributed by atoms with van der Waals surface area (Å²) in [5, 5.41) is 3.33. The zero-order valence-corrected chi connectivity index (χ0v) is 11.3. The van der Waals surface area contributed by atoms with Gasteiger partial charge in [0.25, 0.3) is 0 Å². The standard InChI is InChI=1S/C14H22F2N2/c1-11(2)9-17-4-5-18(3)10-12-6-13(15)8-14(16)7-12/h6-8,11,17H,4-5,9-10H2,1-3H3. The third kappa shape index (κ3) is 6.07. The second-order valence-corrected chi connectivity index (χ2v) is 5.11. The summed E-state index contributed by atoms with van der Waals surface area (Å²) >= 11 is 0. The van der Waals surface area contributed by atoms with Gasteiger partial charge in [-0.3, -0.25) is 0 Å². The Hall–Kier alpha value is -1.00. The number of rotatable bonds is 7.